The first-order valence-electron chi connectivity index (χ1n) is 10.8. The number of carbonyl (C=O) groups excluding carboxylic acids is 1. The zero-order valence-electron chi connectivity index (χ0n) is 18.7. The minimum absolute atomic E-state index is 0.0532. The fourth-order valence-corrected chi connectivity index (χ4v) is 4.56. The van der Waals surface area contributed by atoms with Crippen LogP contribution in [-0.4, -0.2) is 34.8 Å². The highest BCUT2D eigenvalue weighted by molar-refractivity contribution is 7.14. The number of fused-ring (bicyclic) bond motifs is 1. The fraction of sp³-hybridized carbons (Fsp3) is 0.200. The monoisotopic (exact) mass is 473 g/mol. The van der Waals surface area contributed by atoms with Crippen LogP contribution in [-0.2, 0) is 4.79 Å². The third-order valence-electron chi connectivity index (χ3n) is 5.51. The third-order valence-corrected chi connectivity index (χ3v) is 6.27. The highest BCUT2D eigenvalue weighted by atomic mass is 32.1. The maximum atomic E-state index is 11.6. The lowest BCUT2D eigenvalue weighted by atomic mass is 9.97. The lowest BCUT2D eigenvalue weighted by Gasteiger charge is -2.26. The molecule has 0 fully saturated rings. The fourth-order valence-electron chi connectivity index (χ4n) is 3.84. The van der Waals surface area contributed by atoms with Crippen molar-refractivity contribution in [2.75, 3.05) is 19.0 Å². The van der Waals surface area contributed by atoms with E-state index in [1.54, 1.807) is 7.11 Å². The number of rotatable bonds is 6. The number of amides is 1. The highest BCUT2D eigenvalue weighted by Gasteiger charge is 2.23. The number of benzene rings is 2. The van der Waals surface area contributed by atoms with Gasteiger partial charge in [0.2, 0.25) is 5.91 Å². The standard InChI is InChI=1S/C25H23N5O3S/c1-15(31)26-21-11-12-33-23-9-5-17(13-19(21)23)22-14-34-25(27-22)28-24-10-8-20(29-30-24)16-3-6-18(32-2)7-4-16/h3-10,13-14,21H,11-12H2,1-2H3,(H,26,31)(H,27,28,30). The molecule has 0 radical (unpaired) electrons. The third kappa shape index (κ3) is 4.69. The number of ether oxygens (including phenoxy) is 2. The van der Waals surface area contributed by atoms with Gasteiger partial charge in [0.15, 0.2) is 10.9 Å². The maximum Gasteiger partial charge on any atom is 0.217 e. The van der Waals surface area contributed by atoms with Gasteiger partial charge in [-0.05, 0) is 54.6 Å². The quantitative estimate of drug-likeness (QED) is 0.408. The number of thiazole rings is 1. The van der Waals surface area contributed by atoms with E-state index in [2.05, 4.69) is 20.8 Å². The first-order chi connectivity index (χ1) is 16.6. The summed E-state index contributed by atoms with van der Waals surface area (Å²) in [6.45, 7) is 2.12. The average Bonchev–Trinajstić information content (AvgIpc) is 3.33. The van der Waals surface area contributed by atoms with Crippen LogP contribution in [0.25, 0.3) is 22.5 Å². The minimum atomic E-state index is -0.0584. The van der Waals surface area contributed by atoms with Crippen LogP contribution in [0, 0.1) is 0 Å². The predicted octanol–water partition coefficient (Wildman–Crippen LogP) is 4.98. The zero-order valence-corrected chi connectivity index (χ0v) is 19.6. The summed E-state index contributed by atoms with van der Waals surface area (Å²) in [5.74, 6) is 2.16. The van der Waals surface area contributed by atoms with Crippen LogP contribution < -0.4 is 20.1 Å². The lowest BCUT2D eigenvalue weighted by molar-refractivity contribution is -0.119. The molecule has 1 unspecified atom stereocenters. The molecule has 34 heavy (non-hydrogen) atoms. The smallest absolute Gasteiger partial charge is 0.217 e. The molecule has 0 saturated carbocycles. The minimum Gasteiger partial charge on any atom is -0.497 e. The van der Waals surface area contributed by atoms with Gasteiger partial charge in [0.25, 0.3) is 0 Å². The summed E-state index contributed by atoms with van der Waals surface area (Å²) in [6.07, 6.45) is 0.741. The molecular weight excluding hydrogens is 450 g/mol. The van der Waals surface area contributed by atoms with Crippen LogP contribution in [0.1, 0.15) is 24.9 Å². The van der Waals surface area contributed by atoms with E-state index in [9.17, 15) is 4.79 Å². The van der Waals surface area contributed by atoms with Gasteiger partial charge in [0.05, 0.1) is 31.1 Å². The number of nitrogens with zero attached hydrogens (tertiary/aromatic N) is 3. The number of hydrogen-bond donors (Lipinski definition) is 2. The van der Waals surface area contributed by atoms with E-state index in [-0.39, 0.29) is 11.9 Å². The summed E-state index contributed by atoms with van der Waals surface area (Å²) in [7, 11) is 1.64. The summed E-state index contributed by atoms with van der Waals surface area (Å²) in [5.41, 5.74) is 4.51. The van der Waals surface area contributed by atoms with E-state index in [0.717, 1.165) is 46.0 Å². The molecule has 1 aliphatic heterocycles. The Balaban J connectivity index is 1.31. The van der Waals surface area contributed by atoms with Crippen LogP contribution in [0.15, 0.2) is 60.0 Å². The van der Waals surface area contributed by atoms with Crippen molar-refractivity contribution >= 4 is 28.2 Å². The van der Waals surface area contributed by atoms with Crippen molar-refractivity contribution in [3.63, 3.8) is 0 Å². The van der Waals surface area contributed by atoms with Crippen LogP contribution in [0.2, 0.25) is 0 Å². The number of hydrogen-bond acceptors (Lipinski definition) is 8. The lowest BCUT2D eigenvalue weighted by Crippen LogP contribution is -2.30. The van der Waals surface area contributed by atoms with E-state index >= 15 is 0 Å². The average molecular weight is 474 g/mol. The molecule has 2 aromatic heterocycles. The van der Waals surface area contributed by atoms with Crippen molar-refractivity contribution in [1.29, 1.82) is 0 Å². The van der Waals surface area contributed by atoms with E-state index < -0.39 is 0 Å². The van der Waals surface area contributed by atoms with Crippen LogP contribution in [0.4, 0.5) is 10.9 Å². The van der Waals surface area contributed by atoms with E-state index in [1.165, 1.54) is 18.3 Å². The van der Waals surface area contributed by atoms with Crippen molar-refractivity contribution in [1.82, 2.24) is 20.5 Å². The maximum absolute atomic E-state index is 11.6. The molecule has 3 heterocycles. The second kappa shape index (κ2) is 9.48. The normalized spacial score (nSPS) is 14.6. The first kappa shape index (κ1) is 21.8. The van der Waals surface area contributed by atoms with Gasteiger partial charge in [-0.2, -0.15) is 0 Å². The zero-order chi connectivity index (χ0) is 23.5. The summed E-state index contributed by atoms with van der Waals surface area (Å²) < 4.78 is 11.0. The Morgan fingerprint density at radius 3 is 2.62 bits per heavy atom. The summed E-state index contributed by atoms with van der Waals surface area (Å²) in [5, 5.41) is 17.5. The SMILES string of the molecule is COc1ccc(-c2ccc(Nc3nc(-c4ccc5c(c4)C(NC(C)=O)CCO5)cs3)nn2)cc1. The van der Waals surface area contributed by atoms with Crippen molar-refractivity contribution < 1.29 is 14.3 Å². The predicted molar refractivity (Wildman–Crippen MR) is 132 cm³/mol. The number of nitrogens with one attached hydrogen (secondary N) is 2. The van der Waals surface area contributed by atoms with Crippen molar-refractivity contribution in [2.24, 2.45) is 0 Å². The number of aromatic nitrogens is 3. The van der Waals surface area contributed by atoms with Crippen molar-refractivity contribution in [3.8, 4) is 34.0 Å². The molecule has 172 valence electrons. The Kier molecular flexibility index (Phi) is 6.09. The van der Waals surface area contributed by atoms with Crippen LogP contribution in [0.5, 0.6) is 11.5 Å². The summed E-state index contributed by atoms with van der Waals surface area (Å²) in [6, 6.07) is 17.4. The summed E-state index contributed by atoms with van der Waals surface area (Å²) >= 11 is 1.49. The molecule has 0 spiro atoms. The molecule has 0 saturated heterocycles. The van der Waals surface area contributed by atoms with Crippen LogP contribution >= 0.6 is 11.3 Å². The van der Waals surface area contributed by atoms with Gasteiger partial charge in [0.1, 0.15) is 11.5 Å². The summed E-state index contributed by atoms with van der Waals surface area (Å²) in [4.78, 5) is 16.3. The molecule has 0 aliphatic carbocycles. The van der Waals surface area contributed by atoms with E-state index in [4.69, 9.17) is 14.5 Å². The van der Waals surface area contributed by atoms with Gasteiger partial charge in [0, 0.05) is 35.4 Å². The Bertz CT molecular complexity index is 1310. The molecule has 2 aromatic carbocycles. The second-order valence-corrected chi connectivity index (χ2v) is 8.70. The highest BCUT2D eigenvalue weighted by Crippen LogP contribution is 2.36. The molecule has 5 rings (SSSR count). The number of anilines is 2. The van der Waals surface area contributed by atoms with Crippen molar-refractivity contribution in [2.45, 2.75) is 19.4 Å². The van der Waals surface area contributed by atoms with E-state index in [0.29, 0.717) is 17.6 Å². The Morgan fingerprint density at radius 1 is 1.06 bits per heavy atom. The Morgan fingerprint density at radius 2 is 1.88 bits per heavy atom. The van der Waals surface area contributed by atoms with Gasteiger partial charge in [-0.3, -0.25) is 4.79 Å². The molecule has 1 amide bonds. The Labute approximate surface area is 201 Å². The van der Waals surface area contributed by atoms with Gasteiger partial charge in [-0.15, -0.1) is 21.5 Å². The topological polar surface area (TPSA) is 98.3 Å². The molecule has 1 aliphatic rings. The van der Waals surface area contributed by atoms with Crippen molar-refractivity contribution in [3.05, 3.63) is 65.5 Å². The number of methoxy groups -OCH3 is 1. The molecule has 0 bridgehead atoms. The van der Waals surface area contributed by atoms with Gasteiger partial charge < -0.3 is 20.1 Å². The van der Waals surface area contributed by atoms with Gasteiger partial charge in [-0.25, -0.2) is 4.98 Å². The first-order valence-corrected chi connectivity index (χ1v) is 11.7. The molecule has 9 heteroatoms. The van der Waals surface area contributed by atoms with Gasteiger partial charge in [-0.1, -0.05) is 0 Å². The largest absolute Gasteiger partial charge is 0.497 e. The molecular formula is C25H23N5O3S. The molecule has 2 N–H and O–H groups in total. The molecule has 1 atom stereocenters. The van der Waals surface area contributed by atoms with Gasteiger partial charge >= 0.3 is 0 Å². The molecule has 8 nitrogen and oxygen atoms in total. The number of carbonyl (C=O) groups is 1. The second-order valence-electron chi connectivity index (χ2n) is 7.84. The van der Waals surface area contributed by atoms with Crippen LogP contribution in [0.3, 0.4) is 0 Å². The molecule has 4 aromatic rings. The Hall–Kier alpha value is -3.98. The van der Waals surface area contributed by atoms with E-state index in [1.807, 2.05) is 60.0 Å².